The summed E-state index contributed by atoms with van der Waals surface area (Å²) in [5.74, 6) is 0.192. The highest BCUT2D eigenvalue weighted by molar-refractivity contribution is 5.96. The van der Waals surface area contributed by atoms with E-state index in [1.807, 2.05) is 54.6 Å². The van der Waals surface area contributed by atoms with Crippen LogP contribution in [0.25, 0.3) is 0 Å². The van der Waals surface area contributed by atoms with Crippen molar-refractivity contribution in [1.29, 1.82) is 0 Å². The monoisotopic (exact) mass is 457 g/mol. The number of benzene rings is 2. The fraction of sp³-hybridized carbons (Fsp3) is 0.321. The van der Waals surface area contributed by atoms with Gasteiger partial charge in [0.25, 0.3) is 5.91 Å². The van der Waals surface area contributed by atoms with Gasteiger partial charge in [-0.05, 0) is 36.6 Å². The van der Waals surface area contributed by atoms with Crippen LogP contribution in [0.15, 0.2) is 79.0 Å². The third kappa shape index (κ3) is 5.63. The Morgan fingerprint density at radius 2 is 1.68 bits per heavy atom. The van der Waals surface area contributed by atoms with Gasteiger partial charge in [0, 0.05) is 17.8 Å². The molecule has 2 aromatic carbocycles. The zero-order chi connectivity index (χ0) is 23.8. The lowest BCUT2D eigenvalue weighted by molar-refractivity contribution is -0.127. The Labute approximate surface area is 201 Å². The molecule has 0 bridgehead atoms. The van der Waals surface area contributed by atoms with Crippen molar-refractivity contribution in [2.75, 3.05) is 7.11 Å². The number of nitrogens with one attached hydrogen (secondary N) is 1. The van der Waals surface area contributed by atoms with Crippen LogP contribution in [0.4, 0.5) is 0 Å². The van der Waals surface area contributed by atoms with Crippen molar-refractivity contribution in [3.05, 3.63) is 95.8 Å². The molecule has 0 saturated heterocycles. The van der Waals surface area contributed by atoms with Crippen LogP contribution in [0.1, 0.15) is 59.8 Å². The molecule has 6 nitrogen and oxygen atoms in total. The summed E-state index contributed by atoms with van der Waals surface area (Å²) in [5.41, 5.74) is 1.87. The summed E-state index contributed by atoms with van der Waals surface area (Å²) in [6.07, 6.45) is 6.94. The molecule has 1 aliphatic rings. The first-order valence-electron chi connectivity index (χ1n) is 11.9. The van der Waals surface area contributed by atoms with Gasteiger partial charge in [-0.25, -0.2) is 0 Å². The number of nitrogens with zero attached hydrogens (tertiary/aromatic N) is 2. The Kier molecular flexibility index (Phi) is 7.91. The Morgan fingerprint density at radius 1 is 0.971 bits per heavy atom. The summed E-state index contributed by atoms with van der Waals surface area (Å²) >= 11 is 0. The number of methoxy groups -OCH3 is 1. The molecular formula is C28H31N3O3. The molecule has 3 aromatic rings. The minimum atomic E-state index is -0.803. The lowest BCUT2D eigenvalue weighted by atomic mass is 9.94. The van der Waals surface area contributed by atoms with E-state index in [0.717, 1.165) is 36.8 Å². The summed E-state index contributed by atoms with van der Waals surface area (Å²) in [6, 6.07) is 21.6. The Morgan fingerprint density at radius 3 is 2.38 bits per heavy atom. The van der Waals surface area contributed by atoms with Crippen molar-refractivity contribution in [2.45, 2.75) is 50.7 Å². The third-order valence-electron chi connectivity index (χ3n) is 6.30. The highest BCUT2D eigenvalue weighted by Crippen LogP contribution is 2.29. The van der Waals surface area contributed by atoms with Crippen LogP contribution in [0.5, 0.6) is 5.75 Å². The van der Waals surface area contributed by atoms with Gasteiger partial charge in [-0.15, -0.1) is 0 Å². The van der Waals surface area contributed by atoms with Crippen LogP contribution in [0, 0.1) is 0 Å². The number of carbonyl (C=O) groups excluding carboxylic acids is 2. The van der Waals surface area contributed by atoms with Gasteiger partial charge < -0.3 is 15.0 Å². The highest BCUT2D eigenvalue weighted by Gasteiger charge is 2.34. The van der Waals surface area contributed by atoms with Crippen molar-refractivity contribution in [3.8, 4) is 5.75 Å². The summed E-state index contributed by atoms with van der Waals surface area (Å²) in [4.78, 5) is 33.5. The minimum absolute atomic E-state index is 0.130. The zero-order valence-electron chi connectivity index (χ0n) is 19.5. The van der Waals surface area contributed by atoms with Crippen molar-refractivity contribution >= 4 is 11.8 Å². The topological polar surface area (TPSA) is 71.5 Å². The van der Waals surface area contributed by atoms with Crippen LogP contribution >= 0.6 is 0 Å². The van der Waals surface area contributed by atoms with E-state index < -0.39 is 6.04 Å². The summed E-state index contributed by atoms with van der Waals surface area (Å²) in [7, 11) is 1.61. The fourth-order valence-electron chi connectivity index (χ4n) is 4.57. The van der Waals surface area contributed by atoms with Gasteiger partial charge >= 0.3 is 0 Å². The number of hydrogen-bond donors (Lipinski definition) is 1. The van der Waals surface area contributed by atoms with Gasteiger partial charge in [-0.2, -0.15) is 0 Å². The lowest BCUT2D eigenvalue weighted by Crippen LogP contribution is -2.47. The van der Waals surface area contributed by atoms with Gasteiger partial charge in [-0.3, -0.25) is 14.6 Å². The van der Waals surface area contributed by atoms with Gasteiger partial charge in [0.1, 0.15) is 17.5 Å². The first-order valence-corrected chi connectivity index (χ1v) is 11.9. The normalized spacial score (nSPS) is 14.7. The molecule has 0 spiro atoms. The standard InChI is InChI=1S/C28H31N3O3/c1-34-25-18-9-8-14-22(25)20-31(28(33)24-17-10-11-19-29-24)26(21-12-4-2-5-13-21)27(32)30-23-15-6-3-7-16-23/h2,4-5,8-14,17-19,23,26H,3,6-7,15-16,20H2,1H3,(H,30,32). The number of ether oxygens (including phenoxy) is 1. The van der Waals surface area contributed by atoms with Gasteiger partial charge in [0.2, 0.25) is 5.91 Å². The van der Waals surface area contributed by atoms with Crippen LogP contribution in [-0.2, 0) is 11.3 Å². The van der Waals surface area contributed by atoms with E-state index in [1.165, 1.54) is 6.42 Å². The quantitative estimate of drug-likeness (QED) is 0.521. The molecule has 6 heteroatoms. The summed E-state index contributed by atoms with van der Waals surface area (Å²) < 4.78 is 5.54. The number of aromatic nitrogens is 1. The highest BCUT2D eigenvalue weighted by atomic mass is 16.5. The molecule has 1 N–H and O–H groups in total. The Hall–Kier alpha value is -3.67. The SMILES string of the molecule is COc1ccccc1CN(C(=O)c1ccccn1)C(C(=O)NC1CCCCC1)c1ccccc1. The number of amides is 2. The average molecular weight is 458 g/mol. The molecule has 1 heterocycles. The maximum absolute atomic E-state index is 13.8. The molecule has 1 unspecified atom stereocenters. The number of pyridine rings is 1. The second kappa shape index (κ2) is 11.5. The largest absolute Gasteiger partial charge is 0.496 e. The van der Waals surface area contributed by atoms with E-state index in [9.17, 15) is 9.59 Å². The molecule has 1 atom stereocenters. The molecule has 176 valence electrons. The second-order valence-electron chi connectivity index (χ2n) is 8.62. The van der Waals surface area contributed by atoms with Gasteiger partial charge in [0.05, 0.1) is 13.7 Å². The van der Waals surface area contributed by atoms with E-state index >= 15 is 0 Å². The molecule has 0 radical (unpaired) electrons. The first kappa shape index (κ1) is 23.5. The van der Waals surface area contributed by atoms with E-state index in [4.69, 9.17) is 4.74 Å². The first-order chi connectivity index (χ1) is 16.7. The van der Waals surface area contributed by atoms with E-state index in [0.29, 0.717) is 11.4 Å². The summed E-state index contributed by atoms with van der Waals surface area (Å²) in [5, 5.41) is 3.23. The second-order valence-corrected chi connectivity index (χ2v) is 8.62. The third-order valence-corrected chi connectivity index (χ3v) is 6.30. The van der Waals surface area contributed by atoms with E-state index in [2.05, 4.69) is 10.3 Å². The molecule has 1 fully saturated rings. The number of hydrogen-bond acceptors (Lipinski definition) is 4. The maximum atomic E-state index is 13.8. The molecule has 1 aliphatic carbocycles. The van der Waals surface area contributed by atoms with Crippen molar-refractivity contribution in [1.82, 2.24) is 15.2 Å². The molecule has 2 amide bonds. The minimum Gasteiger partial charge on any atom is -0.496 e. The Balaban J connectivity index is 1.74. The number of rotatable bonds is 8. The number of carbonyl (C=O) groups is 2. The van der Waals surface area contributed by atoms with Crippen molar-refractivity contribution in [3.63, 3.8) is 0 Å². The smallest absolute Gasteiger partial charge is 0.273 e. The fourth-order valence-corrected chi connectivity index (χ4v) is 4.57. The molecule has 0 aliphatic heterocycles. The molecule has 34 heavy (non-hydrogen) atoms. The van der Waals surface area contributed by atoms with Crippen molar-refractivity contribution in [2.24, 2.45) is 0 Å². The Bertz CT molecular complexity index is 1080. The zero-order valence-corrected chi connectivity index (χ0v) is 19.5. The average Bonchev–Trinajstić information content (AvgIpc) is 2.90. The molecule has 4 rings (SSSR count). The number of para-hydroxylation sites is 1. The van der Waals surface area contributed by atoms with Crippen LogP contribution in [0.2, 0.25) is 0 Å². The molecular weight excluding hydrogens is 426 g/mol. The van der Waals surface area contributed by atoms with Crippen LogP contribution in [-0.4, -0.2) is 34.8 Å². The van der Waals surface area contributed by atoms with Crippen LogP contribution in [0.3, 0.4) is 0 Å². The van der Waals surface area contributed by atoms with Gasteiger partial charge in [0.15, 0.2) is 0 Å². The van der Waals surface area contributed by atoms with Gasteiger partial charge in [-0.1, -0.05) is 73.9 Å². The van der Waals surface area contributed by atoms with Crippen LogP contribution < -0.4 is 10.1 Å². The lowest BCUT2D eigenvalue weighted by Gasteiger charge is -2.33. The molecule has 1 saturated carbocycles. The van der Waals surface area contributed by atoms with Crippen molar-refractivity contribution < 1.29 is 14.3 Å². The predicted molar refractivity (Wildman–Crippen MR) is 131 cm³/mol. The summed E-state index contributed by atoms with van der Waals surface area (Å²) in [6.45, 7) is 0.205. The molecule has 1 aromatic heterocycles. The maximum Gasteiger partial charge on any atom is 0.273 e. The van der Waals surface area contributed by atoms with E-state index in [1.54, 1.807) is 36.4 Å². The predicted octanol–water partition coefficient (Wildman–Crippen LogP) is 4.92. The van der Waals surface area contributed by atoms with E-state index in [-0.39, 0.29) is 24.4 Å².